The number of rotatable bonds is 11. The van der Waals surface area contributed by atoms with Crippen molar-refractivity contribution < 1.29 is 18.0 Å². The number of carbonyl (C=O) groups excluding carboxylic acids is 2. The fraction of sp³-hybridized carbons (Fsp3) is 0.333. The van der Waals surface area contributed by atoms with Crippen LogP contribution in [0.15, 0.2) is 77.7 Å². The Morgan fingerprint density at radius 2 is 1.53 bits per heavy atom. The highest BCUT2D eigenvalue weighted by Crippen LogP contribution is 2.28. The average molecular weight is 536 g/mol. The lowest BCUT2D eigenvalue weighted by Gasteiger charge is -2.34. The summed E-state index contributed by atoms with van der Waals surface area (Å²) in [5.41, 5.74) is 3.91. The van der Waals surface area contributed by atoms with Gasteiger partial charge in [-0.25, -0.2) is 8.42 Å². The molecule has 8 heteroatoms. The van der Waals surface area contributed by atoms with E-state index in [0.717, 1.165) is 22.3 Å². The van der Waals surface area contributed by atoms with E-state index in [4.69, 9.17) is 0 Å². The fourth-order valence-electron chi connectivity index (χ4n) is 4.40. The molecule has 3 aromatic rings. The zero-order valence-corrected chi connectivity index (χ0v) is 23.6. The Balaban J connectivity index is 2.11. The number of sulfonamides is 1. The van der Waals surface area contributed by atoms with E-state index in [2.05, 4.69) is 5.32 Å². The minimum Gasteiger partial charge on any atom is -0.355 e. The van der Waals surface area contributed by atoms with Gasteiger partial charge < -0.3 is 10.2 Å². The normalized spacial score (nSPS) is 12.0. The van der Waals surface area contributed by atoms with E-state index in [9.17, 15) is 18.0 Å². The first-order valence-corrected chi connectivity index (χ1v) is 14.3. The molecule has 2 amide bonds. The molecule has 0 bridgehead atoms. The molecule has 0 spiro atoms. The quantitative estimate of drug-likeness (QED) is 0.384. The predicted molar refractivity (Wildman–Crippen MR) is 151 cm³/mol. The van der Waals surface area contributed by atoms with Gasteiger partial charge in [0, 0.05) is 13.1 Å². The Morgan fingerprint density at radius 3 is 2.16 bits per heavy atom. The first-order valence-electron chi connectivity index (χ1n) is 12.9. The molecule has 1 atom stereocenters. The average Bonchev–Trinajstić information content (AvgIpc) is 2.90. The molecular weight excluding hydrogens is 498 g/mol. The van der Waals surface area contributed by atoms with Gasteiger partial charge in [-0.15, -0.1) is 0 Å². The summed E-state index contributed by atoms with van der Waals surface area (Å²) < 4.78 is 29.0. The highest BCUT2D eigenvalue weighted by molar-refractivity contribution is 7.92. The molecule has 7 nitrogen and oxygen atoms in total. The topological polar surface area (TPSA) is 86.8 Å². The maximum Gasteiger partial charge on any atom is 0.264 e. The number of nitrogens with zero attached hydrogens (tertiary/aromatic N) is 2. The van der Waals surface area contributed by atoms with Crippen molar-refractivity contribution in [3.05, 3.63) is 95.1 Å². The van der Waals surface area contributed by atoms with Crippen LogP contribution in [0.4, 0.5) is 5.69 Å². The summed E-state index contributed by atoms with van der Waals surface area (Å²) in [4.78, 5) is 28.7. The van der Waals surface area contributed by atoms with Crippen molar-refractivity contribution in [3.63, 3.8) is 0 Å². The van der Waals surface area contributed by atoms with Gasteiger partial charge in [0.05, 0.1) is 10.6 Å². The second-order valence-electron chi connectivity index (χ2n) is 9.38. The number of amides is 2. The van der Waals surface area contributed by atoms with E-state index in [0.29, 0.717) is 18.7 Å². The molecule has 0 saturated carbocycles. The van der Waals surface area contributed by atoms with Crippen molar-refractivity contribution in [2.45, 2.75) is 58.5 Å². The fourth-order valence-corrected chi connectivity index (χ4v) is 5.90. The van der Waals surface area contributed by atoms with Crippen molar-refractivity contribution in [2.24, 2.45) is 0 Å². The molecule has 0 fully saturated rings. The van der Waals surface area contributed by atoms with E-state index < -0.39 is 28.5 Å². The van der Waals surface area contributed by atoms with E-state index in [1.807, 2.05) is 71.0 Å². The summed E-state index contributed by atoms with van der Waals surface area (Å²) in [5, 5.41) is 2.83. The lowest BCUT2D eigenvalue weighted by atomic mass is 10.1. The van der Waals surface area contributed by atoms with Crippen LogP contribution >= 0.6 is 0 Å². The van der Waals surface area contributed by atoms with Gasteiger partial charge in [-0.2, -0.15) is 0 Å². The maximum atomic E-state index is 14.1. The van der Waals surface area contributed by atoms with Gasteiger partial charge in [-0.1, -0.05) is 61.5 Å². The van der Waals surface area contributed by atoms with Crippen LogP contribution in [0.2, 0.25) is 0 Å². The summed E-state index contributed by atoms with van der Waals surface area (Å²) in [6, 6.07) is 20.5. The summed E-state index contributed by atoms with van der Waals surface area (Å²) in [6.45, 7) is 9.50. The standard InChI is InChI=1S/C30H37N3O4S/c1-6-27(30(35)31-7-2)32(20-25-14-12-11-13-23(25)4)29(34)21-33(28-19-22(3)17-18-24(28)5)38(36,37)26-15-9-8-10-16-26/h8-19,27H,6-7,20-21H2,1-5H3,(H,31,35)/t27-/m0/s1. The minimum atomic E-state index is -4.08. The first-order chi connectivity index (χ1) is 18.1. The maximum absolute atomic E-state index is 14.1. The number of carbonyl (C=O) groups is 2. The molecule has 0 aliphatic carbocycles. The number of hydrogen-bond donors (Lipinski definition) is 1. The van der Waals surface area contributed by atoms with Crippen molar-refractivity contribution in [3.8, 4) is 0 Å². The van der Waals surface area contributed by atoms with Crippen molar-refractivity contribution in [1.29, 1.82) is 0 Å². The SMILES string of the molecule is CCNC(=O)[C@H](CC)N(Cc1ccccc1C)C(=O)CN(c1cc(C)ccc1C)S(=O)(=O)c1ccccc1. The minimum absolute atomic E-state index is 0.0925. The number of anilines is 1. The third-order valence-corrected chi connectivity index (χ3v) is 8.36. The molecular formula is C30H37N3O4S. The second-order valence-corrected chi connectivity index (χ2v) is 11.2. The molecule has 1 N–H and O–H groups in total. The Hall–Kier alpha value is -3.65. The van der Waals surface area contributed by atoms with E-state index in [1.165, 1.54) is 21.3 Å². The zero-order chi connectivity index (χ0) is 27.9. The highest BCUT2D eigenvalue weighted by Gasteiger charge is 2.34. The van der Waals surface area contributed by atoms with Crippen LogP contribution in [-0.4, -0.2) is 44.3 Å². The third-order valence-electron chi connectivity index (χ3n) is 6.58. The van der Waals surface area contributed by atoms with Crippen molar-refractivity contribution in [2.75, 3.05) is 17.4 Å². The van der Waals surface area contributed by atoms with Crippen molar-refractivity contribution >= 4 is 27.5 Å². The summed E-state index contributed by atoms with van der Waals surface area (Å²) in [6.07, 6.45) is 0.387. The summed E-state index contributed by atoms with van der Waals surface area (Å²) >= 11 is 0. The molecule has 0 aliphatic heterocycles. The molecule has 0 saturated heterocycles. The van der Waals surface area contributed by atoms with E-state index in [1.54, 1.807) is 24.3 Å². The molecule has 0 aliphatic rings. The summed E-state index contributed by atoms with van der Waals surface area (Å²) in [5.74, 6) is -0.715. The van der Waals surface area contributed by atoms with Gasteiger partial charge in [0.1, 0.15) is 12.6 Å². The Kier molecular flexibility index (Phi) is 9.69. The summed E-state index contributed by atoms with van der Waals surface area (Å²) in [7, 11) is -4.08. The smallest absolute Gasteiger partial charge is 0.264 e. The van der Waals surface area contributed by atoms with Gasteiger partial charge >= 0.3 is 0 Å². The van der Waals surface area contributed by atoms with Crippen LogP contribution in [0, 0.1) is 20.8 Å². The largest absolute Gasteiger partial charge is 0.355 e. The number of hydrogen-bond acceptors (Lipinski definition) is 4. The Labute approximate surface area is 226 Å². The van der Waals surface area contributed by atoms with Gasteiger partial charge in [0.2, 0.25) is 11.8 Å². The number of likely N-dealkylation sites (N-methyl/N-ethyl adjacent to an activating group) is 1. The van der Waals surface area contributed by atoms with Gasteiger partial charge in [-0.3, -0.25) is 13.9 Å². The van der Waals surface area contributed by atoms with Crippen LogP contribution in [0.1, 0.15) is 42.5 Å². The van der Waals surface area contributed by atoms with E-state index in [-0.39, 0.29) is 17.3 Å². The predicted octanol–water partition coefficient (Wildman–Crippen LogP) is 4.75. The van der Waals surface area contributed by atoms with Gasteiger partial charge in [0.25, 0.3) is 10.0 Å². The zero-order valence-electron chi connectivity index (χ0n) is 22.8. The lowest BCUT2D eigenvalue weighted by molar-refractivity contribution is -0.140. The van der Waals surface area contributed by atoms with Gasteiger partial charge in [-0.05, 0) is 74.6 Å². The van der Waals surface area contributed by atoms with Crippen LogP contribution in [0.25, 0.3) is 0 Å². The number of benzene rings is 3. The van der Waals surface area contributed by atoms with Crippen LogP contribution < -0.4 is 9.62 Å². The van der Waals surface area contributed by atoms with Crippen molar-refractivity contribution in [1.82, 2.24) is 10.2 Å². The Bertz CT molecular complexity index is 1370. The van der Waals surface area contributed by atoms with Crippen LogP contribution in [0.3, 0.4) is 0 Å². The van der Waals surface area contributed by atoms with Crippen LogP contribution in [-0.2, 0) is 26.2 Å². The number of aryl methyl sites for hydroxylation is 3. The first kappa shape index (κ1) is 28.9. The Morgan fingerprint density at radius 1 is 0.868 bits per heavy atom. The molecule has 0 radical (unpaired) electrons. The molecule has 0 aromatic heterocycles. The second kappa shape index (κ2) is 12.7. The lowest BCUT2D eigenvalue weighted by Crippen LogP contribution is -2.52. The molecule has 3 aromatic carbocycles. The molecule has 0 unspecified atom stereocenters. The molecule has 0 heterocycles. The van der Waals surface area contributed by atoms with Crippen LogP contribution in [0.5, 0.6) is 0 Å². The molecule has 202 valence electrons. The van der Waals surface area contributed by atoms with Gasteiger partial charge in [0.15, 0.2) is 0 Å². The third kappa shape index (κ3) is 6.61. The van der Waals surface area contributed by atoms with E-state index >= 15 is 0 Å². The number of nitrogens with one attached hydrogen (secondary N) is 1. The molecule has 38 heavy (non-hydrogen) atoms. The molecule has 3 rings (SSSR count). The monoisotopic (exact) mass is 535 g/mol. The highest BCUT2D eigenvalue weighted by atomic mass is 32.2.